The van der Waals surface area contributed by atoms with Crippen molar-refractivity contribution in [1.82, 2.24) is 19.7 Å². The van der Waals surface area contributed by atoms with Crippen LogP contribution in [-0.2, 0) is 0 Å². The lowest BCUT2D eigenvalue weighted by Crippen LogP contribution is -2.16. The lowest BCUT2D eigenvalue weighted by Gasteiger charge is -2.12. The lowest BCUT2D eigenvalue weighted by atomic mass is 10.2. The third-order valence-corrected chi connectivity index (χ3v) is 4.42. The number of hydrogen-bond donors (Lipinski definition) is 2. The van der Waals surface area contributed by atoms with Gasteiger partial charge in [-0.2, -0.15) is 5.10 Å². The zero-order valence-corrected chi connectivity index (χ0v) is 15.2. The summed E-state index contributed by atoms with van der Waals surface area (Å²) in [5.41, 5.74) is 0.820. The molecule has 0 fully saturated rings. The monoisotopic (exact) mass is 427 g/mol. The van der Waals surface area contributed by atoms with Gasteiger partial charge in [0.15, 0.2) is 5.65 Å². The highest BCUT2D eigenvalue weighted by Crippen LogP contribution is 2.24. The molecule has 0 aliphatic heterocycles. The number of aromatic amines is 1. The Balaban J connectivity index is 1.77. The predicted molar refractivity (Wildman–Crippen MR) is 102 cm³/mol. The van der Waals surface area contributed by atoms with E-state index >= 15 is 0 Å². The van der Waals surface area contributed by atoms with Crippen molar-refractivity contribution in [1.29, 1.82) is 0 Å². The molecule has 1 amide bonds. The minimum atomic E-state index is -0.633. The maximum atomic E-state index is 14.0. The van der Waals surface area contributed by atoms with E-state index in [2.05, 4.69) is 36.3 Å². The fourth-order valence-electron chi connectivity index (χ4n) is 2.66. The number of hydrogen-bond acceptors (Lipinski definition) is 4. The number of carbonyl (C=O) groups is 1. The highest BCUT2D eigenvalue weighted by molar-refractivity contribution is 9.10. The largest absolute Gasteiger partial charge is 0.320 e. The van der Waals surface area contributed by atoms with E-state index in [0.29, 0.717) is 26.9 Å². The molecule has 0 saturated heterocycles. The van der Waals surface area contributed by atoms with Crippen LogP contribution in [0.25, 0.3) is 16.7 Å². The van der Waals surface area contributed by atoms with Crippen LogP contribution < -0.4 is 10.9 Å². The number of nitrogens with one attached hydrogen (secondary N) is 2. The van der Waals surface area contributed by atoms with Gasteiger partial charge in [0, 0.05) is 4.47 Å². The minimum absolute atomic E-state index is 0.0981. The first-order valence-electron chi connectivity index (χ1n) is 7.82. The molecule has 0 bridgehead atoms. The number of para-hydroxylation sites is 2. The summed E-state index contributed by atoms with van der Waals surface area (Å²) < 4.78 is 16.0. The Kier molecular flexibility index (Phi) is 4.28. The zero-order chi connectivity index (χ0) is 19.0. The molecule has 2 heterocycles. The van der Waals surface area contributed by atoms with Crippen molar-refractivity contribution in [3.05, 3.63) is 81.2 Å². The van der Waals surface area contributed by atoms with Crippen LogP contribution in [0.3, 0.4) is 0 Å². The average molecular weight is 428 g/mol. The second-order valence-electron chi connectivity index (χ2n) is 5.62. The summed E-state index contributed by atoms with van der Waals surface area (Å²) in [6.07, 6.45) is 2.68. The number of amides is 1. The van der Waals surface area contributed by atoms with Crippen LogP contribution in [0.15, 0.2) is 64.3 Å². The number of carbonyl (C=O) groups excluding carboxylic acids is 1. The first-order valence-corrected chi connectivity index (χ1v) is 8.61. The molecule has 2 N–H and O–H groups in total. The SMILES string of the molecule is O=C(Nc1ccccc1-n1ncc2c(=O)[nH]cnc21)c1cc(Br)ccc1F. The Morgan fingerprint density at radius 1 is 1.22 bits per heavy atom. The van der Waals surface area contributed by atoms with Crippen LogP contribution in [0.2, 0.25) is 0 Å². The summed E-state index contributed by atoms with van der Waals surface area (Å²) in [5, 5.41) is 7.20. The molecule has 0 atom stereocenters. The first-order chi connectivity index (χ1) is 13.0. The van der Waals surface area contributed by atoms with Gasteiger partial charge in [-0.05, 0) is 30.3 Å². The van der Waals surface area contributed by atoms with Gasteiger partial charge in [0.05, 0.1) is 29.5 Å². The molecule has 0 aliphatic rings. The van der Waals surface area contributed by atoms with Crippen molar-refractivity contribution in [3.8, 4) is 5.69 Å². The molecule has 4 aromatic rings. The van der Waals surface area contributed by atoms with Crippen molar-refractivity contribution in [2.75, 3.05) is 5.32 Å². The molecule has 134 valence electrons. The third-order valence-electron chi connectivity index (χ3n) is 3.92. The molecule has 2 aromatic heterocycles. The van der Waals surface area contributed by atoms with E-state index < -0.39 is 11.7 Å². The molecule has 0 aliphatic carbocycles. The van der Waals surface area contributed by atoms with Gasteiger partial charge >= 0.3 is 0 Å². The maximum absolute atomic E-state index is 14.0. The average Bonchev–Trinajstić information content (AvgIpc) is 3.09. The lowest BCUT2D eigenvalue weighted by molar-refractivity contribution is 0.102. The Hall–Kier alpha value is -3.33. The van der Waals surface area contributed by atoms with Crippen LogP contribution in [0.4, 0.5) is 10.1 Å². The first kappa shape index (κ1) is 17.1. The van der Waals surface area contributed by atoms with Gasteiger partial charge < -0.3 is 10.3 Å². The number of aromatic nitrogens is 4. The summed E-state index contributed by atoms with van der Waals surface area (Å²) in [6.45, 7) is 0. The van der Waals surface area contributed by atoms with Gasteiger partial charge in [0.1, 0.15) is 11.2 Å². The van der Waals surface area contributed by atoms with E-state index in [0.717, 1.165) is 0 Å². The number of halogens is 2. The molecule has 0 radical (unpaired) electrons. The molecule has 7 nitrogen and oxygen atoms in total. The van der Waals surface area contributed by atoms with Crippen molar-refractivity contribution in [2.45, 2.75) is 0 Å². The second kappa shape index (κ2) is 6.76. The van der Waals surface area contributed by atoms with E-state index in [1.54, 1.807) is 24.3 Å². The summed E-state index contributed by atoms with van der Waals surface area (Å²) in [5.74, 6) is -1.24. The molecular formula is C18H11BrFN5O2. The fourth-order valence-corrected chi connectivity index (χ4v) is 3.02. The number of benzene rings is 2. The topological polar surface area (TPSA) is 92.7 Å². The maximum Gasteiger partial charge on any atom is 0.261 e. The van der Waals surface area contributed by atoms with Gasteiger partial charge in [-0.15, -0.1) is 0 Å². The molecule has 27 heavy (non-hydrogen) atoms. The summed E-state index contributed by atoms with van der Waals surface area (Å²) >= 11 is 3.23. The predicted octanol–water partition coefficient (Wildman–Crippen LogP) is 3.26. The van der Waals surface area contributed by atoms with Crippen LogP contribution in [-0.4, -0.2) is 25.7 Å². The van der Waals surface area contributed by atoms with Gasteiger partial charge in [0.2, 0.25) is 0 Å². The van der Waals surface area contributed by atoms with Gasteiger partial charge in [0.25, 0.3) is 11.5 Å². The van der Waals surface area contributed by atoms with Gasteiger partial charge in [-0.1, -0.05) is 28.1 Å². The molecule has 0 spiro atoms. The second-order valence-corrected chi connectivity index (χ2v) is 6.54. The molecular weight excluding hydrogens is 417 g/mol. The highest BCUT2D eigenvalue weighted by atomic mass is 79.9. The van der Waals surface area contributed by atoms with E-state index in [-0.39, 0.29) is 11.1 Å². The van der Waals surface area contributed by atoms with E-state index in [9.17, 15) is 14.0 Å². The number of fused-ring (bicyclic) bond motifs is 1. The standard InChI is InChI=1S/C18H11BrFN5O2/c19-10-5-6-13(20)11(7-10)18(27)24-14-3-1-2-4-15(14)25-16-12(8-23-25)17(26)22-9-21-16/h1-9H,(H,24,27)(H,21,22,26). The van der Waals surface area contributed by atoms with Crippen molar-refractivity contribution in [3.63, 3.8) is 0 Å². The number of nitrogens with zero attached hydrogens (tertiary/aromatic N) is 3. The Labute approximate surface area is 160 Å². The summed E-state index contributed by atoms with van der Waals surface area (Å²) in [6, 6.07) is 11.0. The van der Waals surface area contributed by atoms with E-state index in [4.69, 9.17) is 0 Å². The van der Waals surface area contributed by atoms with Crippen molar-refractivity contribution in [2.24, 2.45) is 0 Å². The van der Waals surface area contributed by atoms with Crippen LogP contribution >= 0.6 is 15.9 Å². The Morgan fingerprint density at radius 3 is 2.89 bits per heavy atom. The molecule has 4 rings (SSSR count). The molecule has 2 aromatic carbocycles. The third kappa shape index (κ3) is 3.13. The zero-order valence-electron chi connectivity index (χ0n) is 13.6. The molecule has 9 heteroatoms. The van der Waals surface area contributed by atoms with Crippen molar-refractivity contribution >= 4 is 38.6 Å². The summed E-state index contributed by atoms with van der Waals surface area (Å²) in [4.78, 5) is 31.1. The van der Waals surface area contributed by atoms with Crippen LogP contribution in [0.1, 0.15) is 10.4 Å². The molecule has 0 unspecified atom stereocenters. The van der Waals surface area contributed by atoms with Crippen LogP contribution in [0, 0.1) is 5.82 Å². The van der Waals surface area contributed by atoms with Gasteiger partial charge in [-0.25, -0.2) is 14.1 Å². The Bertz CT molecular complexity index is 1230. The van der Waals surface area contributed by atoms with Gasteiger partial charge in [-0.3, -0.25) is 9.59 Å². The number of H-pyrrole nitrogens is 1. The Morgan fingerprint density at radius 2 is 2.04 bits per heavy atom. The number of anilines is 1. The minimum Gasteiger partial charge on any atom is -0.320 e. The quantitative estimate of drug-likeness (QED) is 0.524. The van der Waals surface area contributed by atoms with E-state index in [1.165, 1.54) is 35.4 Å². The molecule has 0 saturated carbocycles. The highest BCUT2D eigenvalue weighted by Gasteiger charge is 2.16. The van der Waals surface area contributed by atoms with E-state index in [1.807, 2.05) is 0 Å². The van der Waals surface area contributed by atoms with Crippen LogP contribution in [0.5, 0.6) is 0 Å². The smallest absolute Gasteiger partial charge is 0.261 e. The number of rotatable bonds is 3. The van der Waals surface area contributed by atoms with Crippen molar-refractivity contribution < 1.29 is 9.18 Å². The summed E-state index contributed by atoms with van der Waals surface area (Å²) in [7, 11) is 0. The normalized spacial score (nSPS) is 10.9. The fraction of sp³-hybridized carbons (Fsp3) is 0.